The first-order valence-corrected chi connectivity index (χ1v) is 4.59. The Hall–Kier alpha value is -0.980. The molecular formula is C8H4FIN2O. The van der Waals surface area contributed by atoms with Crippen molar-refractivity contribution < 1.29 is 9.18 Å². The Kier molecular flexibility index (Phi) is 2.03. The van der Waals surface area contributed by atoms with Crippen LogP contribution in [0, 0.1) is 9.52 Å². The second-order valence-electron chi connectivity index (χ2n) is 2.49. The van der Waals surface area contributed by atoms with Crippen molar-refractivity contribution in [3.05, 3.63) is 27.3 Å². The number of pyridine rings is 1. The summed E-state index contributed by atoms with van der Waals surface area (Å²) in [5.41, 5.74) is 0.601. The summed E-state index contributed by atoms with van der Waals surface area (Å²) in [6.07, 6.45) is 2.13. The molecular weight excluding hydrogens is 286 g/mol. The number of hydrogen-bond acceptors (Lipinski definition) is 2. The van der Waals surface area contributed by atoms with E-state index in [1.807, 2.05) is 0 Å². The van der Waals surface area contributed by atoms with Crippen molar-refractivity contribution in [2.45, 2.75) is 0 Å². The zero-order chi connectivity index (χ0) is 9.42. The van der Waals surface area contributed by atoms with E-state index < -0.39 is 5.82 Å². The molecule has 2 aromatic rings. The Morgan fingerprint density at radius 1 is 1.62 bits per heavy atom. The summed E-state index contributed by atoms with van der Waals surface area (Å²) in [6.45, 7) is 0. The number of rotatable bonds is 1. The van der Waals surface area contributed by atoms with E-state index in [-0.39, 0.29) is 9.26 Å². The van der Waals surface area contributed by atoms with E-state index >= 15 is 0 Å². The van der Waals surface area contributed by atoms with Crippen molar-refractivity contribution in [2.75, 3.05) is 0 Å². The third-order valence-corrected chi connectivity index (χ3v) is 2.48. The molecule has 0 aromatic carbocycles. The van der Waals surface area contributed by atoms with Gasteiger partial charge in [-0.3, -0.25) is 4.79 Å². The summed E-state index contributed by atoms with van der Waals surface area (Å²) in [5, 5.41) is 0.521. The second-order valence-corrected chi connectivity index (χ2v) is 3.51. The van der Waals surface area contributed by atoms with E-state index in [0.717, 1.165) is 0 Å². The smallest absolute Gasteiger partial charge is 0.166 e. The standard InChI is InChI=1S/C8H4FIN2O/c9-6-5(3-13)4-1-2-11-8(4)12-7(6)10/h1-3H,(H,11,12). The van der Waals surface area contributed by atoms with Gasteiger partial charge < -0.3 is 4.98 Å². The van der Waals surface area contributed by atoms with E-state index in [0.29, 0.717) is 17.3 Å². The lowest BCUT2D eigenvalue weighted by molar-refractivity contribution is 0.112. The predicted molar refractivity (Wildman–Crippen MR) is 54.2 cm³/mol. The van der Waals surface area contributed by atoms with Crippen molar-refractivity contribution in [3.63, 3.8) is 0 Å². The molecule has 0 fully saturated rings. The molecule has 0 unspecified atom stereocenters. The van der Waals surface area contributed by atoms with Crippen molar-refractivity contribution in [1.82, 2.24) is 9.97 Å². The Balaban J connectivity index is 2.95. The average Bonchev–Trinajstić information content (AvgIpc) is 2.54. The molecule has 2 rings (SSSR count). The molecule has 5 heteroatoms. The summed E-state index contributed by atoms with van der Waals surface area (Å²) in [4.78, 5) is 17.4. The first-order valence-electron chi connectivity index (χ1n) is 3.51. The van der Waals surface area contributed by atoms with Gasteiger partial charge in [0.2, 0.25) is 0 Å². The summed E-state index contributed by atoms with van der Waals surface area (Å²) >= 11 is 1.75. The number of hydrogen-bond donors (Lipinski definition) is 1. The monoisotopic (exact) mass is 290 g/mol. The van der Waals surface area contributed by atoms with Crippen LogP contribution < -0.4 is 0 Å². The van der Waals surface area contributed by atoms with Gasteiger partial charge in [-0.2, -0.15) is 0 Å². The zero-order valence-corrected chi connectivity index (χ0v) is 8.50. The van der Waals surface area contributed by atoms with Gasteiger partial charge in [0.05, 0.1) is 5.56 Å². The number of nitrogens with one attached hydrogen (secondary N) is 1. The number of carbonyl (C=O) groups is 1. The van der Waals surface area contributed by atoms with Gasteiger partial charge in [0.1, 0.15) is 9.35 Å². The second kappa shape index (κ2) is 3.06. The van der Waals surface area contributed by atoms with Gasteiger partial charge in [0.25, 0.3) is 0 Å². The minimum Gasteiger partial charge on any atom is -0.346 e. The molecule has 66 valence electrons. The van der Waals surface area contributed by atoms with Gasteiger partial charge in [0.15, 0.2) is 12.1 Å². The normalized spacial score (nSPS) is 10.6. The summed E-state index contributed by atoms with van der Waals surface area (Å²) in [5.74, 6) is -0.553. The molecule has 0 radical (unpaired) electrons. The molecule has 13 heavy (non-hydrogen) atoms. The first-order chi connectivity index (χ1) is 6.24. The van der Waals surface area contributed by atoms with Crippen LogP contribution in [0.4, 0.5) is 4.39 Å². The van der Waals surface area contributed by atoms with Crippen LogP contribution in [-0.2, 0) is 0 Å². The van der Waals surface area contributed by atoms with Crippen LogP contribution in [-0.4, -0.2) is 16.3 Å². The fourth-order valence-corrected chi connectivity index (χ4v) is 1.69. The van der Waals surface area contributed by atoms with Crippen LogP contribution >= 0.6 is 22.6 Å². The number of aromatic amines is 1. The van der Waals surface area contributed by atoms with Gasteiger partial charge in [-0.25, -0.2) is 9.37 Å². The molecule has 0 aliphatic heterocycles. The molecule has 0 aliphatic carbocycles. The molecule has 2 heterocycles. The fraction of sp³-hybridized carbons (Fsp3) is 0. The molecule has 0 amide bonds. The van der Waals surface area contributed by atoms with Crippen molar-refractivity contribution >= 4 is 39.9 Å². The quantitative estimate of drug-likeness (QED) is 0.497. The average molecular weight is 290 g/mol. The van der Waals surface area contributed by atoms with Crippen molar-refractivity contribution in [2.24, 2.45) is 0 Å². The number of halogens is 2. The first kappa shape index (κ1) is 8.61. The zero-order valence-electron chi connectivity index (χ0n) is 6.34. The maximum atomic E-state index is 13.3. The van der Waals surface area contributed by atoms with E-state index in [1.54, 1.807) is 34.9 Å². The van der Waals surface area contributed by atoms with Gasteiger partial charge in [-0.1, -0.05) is 0 Å². The lowest BCUT2D eigenvalue weighted by Gasteiger charge is -1.98. The minimum atomic E-state index is -0.553. The highest BCUT2D eigenvalue weighted by atomic mass is 127. The third kappa shape index (κ3) is 1.23. The third-order valence-electron chi connectivity index (χ3n) is 1.76. The molecule has 0 saturated carbocycles. The topological polar surface area (TPSA) is 45.8 Å². The summed E-state index contributed by atoms with van der Waals surface area (Å²) in [6, 6.07) is 1.63. The van der Waals surface area contributed by atoms with E-state index in [2.05, 4.69) is 9.97 Å². The Morgan fingerprint density at radius 3 is 3.08 bits per heavy atom. The number of aldehydes is 1. The van der Waals surface area contributed by atoms with Crippen LogP contribution in [0.25, 0.3) is 11.0 Å². The number of fused-ring (bicyclic) bond motifs is 1. The molecule has 1 N–H and O–H groups in total. The molecule has 3 nitrogen and oxygen atoms in total. The highest BCUT2D eigenvalue weighted by Gasteiger charge is 2.12. The maximum Gasteiger partial charge on any atom is 0.166 e. The van der Waals surface area contributed by atoms with E-state index in [4.69, 9.17) is 0 Å². The molecule has 2 aromatic heterocycles. The van der Waals surface area contributed by atoms with E-state index in [9.17, 15) is 9.18 Å². The predicted octanol–water partition coefficient (Wildman–Crippen LogP) is 2.12. The lowest BCUT2D eigenvalue weighted by atomic mass is 10.2. The molecule has 0 bridgehead atoms. The molecule has 0 atom stereocenters. The lowest BCUT2D eigenvalue weighted by Crippen LogP contribution is -1.96. The number of aromatic nitrogens is 2. The van der Waals surface area contributed by atoms with Gasteiger partial charge >= 0.3 is 0 Å². The fourth-order valence-electron chi connectivity index (χ4n) is 1.16. The van der Waals surface area contributed by atoms with E-state index in [1.165, 1.54) is 0 Å². The Morgan fingerprint density at radius 2 is 2.38 bits per heavy atom. The SMILES string of the molecule is O=Cc1c(F)c(I)nc2[nH]ccc12. The highest BCUT2D eigenvalue weighted by molar-refractivity contribution is 14.1. The molecule has 0 spiro atoms. The number of carbonyl (C=O) groups excluding carboxylic acids is 1. The molecule has 0 saturated heterocycles. The van der Waals surface area contributed by atoms with Gasteiger partial charge in [-0.15, -0.1) is 0 Å². The summed E-state index contributed by atoms with van der Waals surface area (Å²) < 4.78 is 13.5. The highest BCUT2D eigenvalue weighted by Crippen LogP contribution is 2.20. The Bertz CT molecular complexity index is 480. The number of H-pyrrole nitrogens is 1. The van der Waals surface area contributed by atoms with Crippen LogP contribution in [0.3, 0.4) is 0 Å². The minimum absolute atomic E-state index is 0.0654. The summed E-state index contributed by atoms with van der Waals surface area (Å²) in [7, 11) is 0. The molecule has 0 aliphatic rings. The number of nitrogens with zero attached hydrogens (tertiary/aromatic N) is 1. The van der Waals surface area contributed by atoms with Crippen molar-refractivity contribution in [3.8, 4) is 0 Å². The van der Waals surface area contributed by atoms with Crippen molar-refractivity contribution in [1.29, 1.82) is 0 Å². The largest absolute Gasteiger partial charge is 0.346 e. The maximum absolute atomic E-state index is 13.3. The van der Waals surface area contributed by atoms with Crippen LogP contribution in [0.5, 0.6) is 0 Å². The van der Waals surface area contributed by atoms with Gasteiger partial charge in [0, 0.05) is 11.6 Å². The van der Waals surface area contributed by atoms with Crippen LogP contribution in [0.15, 0.2) is 12.3 Å². The Labute approximate surface area is 86.5 Å². The van der Waals surface area contributed by atoms with Crippen LogP contribution in [0.2, 0.25) is 0 Å². The van der Waals surface area contributed by atoms with Gasteiger partial charge in [-0.05, 0) is 28.7 Å². The van der Waals surface area contributed by atoms with Crippen LogP contribution in [0.1, 0.15) is 10.4 Å².